The number of anilines is 2. The molecule has 0 unspecified atom stereocenters. The zero-order valence-corrected chi connectivity index (χ0v) is 16.0. The normalized spacial score (nSPS) is 10.8. The second-order valence-corrected chi connectivity index (χ2v) is 6.98. The van der Waals surface area contributed by atoms with Crippen molar-refractivity contribution in [2.75, 3.05) is 10.6 Å². The number of carbonyl (C=O) groups is 1. The van der Waals surface area contributed by atoms with Crippen molar-refractivity contribution in [1.82, 2.24) is 4.98 Å². The van der Waals surface area contributed by atoms with Crippen LogP contribution in [0.3, 0.4) is 0 Å². The van der Waals surface area contributed by atoms with Crippen LogP contribution >= 0.6 is 11.6 Å². The van der Waals surface area contributed by atoms with Gasteiger partial charge in [0.05, 0.1) is 0 Å². The molecule has 5 nitrogen and oxygen atoms in total. The topological polar surface area (TPSA) is 67.2 Å². The molecule has 1 aromatic heterocycles. The Bertz CT molecular complexity index is 1150. The number of nitrogens with zero attached hydrogens (tertiary/aromatic N) is 1. The first-order valence-electron chi connectivity index (χ1n) is 8.84. The van der Waals surface area contributed by atoms with E-state index in [0.717, 1.165) is 22.2 Å². The zero-order valence-electron chi connectivity index (χ0n) is 15.2. The van der Waals surface area contributed by atoms with Crippen LogP contribution in [0.1, 0.15) is 17.0 Å². The van der Waals surface area contributed by atoms with E-state index in [0.29, 0.717) is 28.7 Å². The molecule has 0 saturated heterocycles. The molecule has 0 aliphatic carbocycles. The Kier molecular flexibility index (Phi) is 5.00. The van der Waals surface area contributed by atoms with Gasteiger partial charge in [0, 0.05) is 22.8 Å². The molecule has 3 aromatic carbocycles. The number of carbonyl (C=O) groups excluding carboxylic acids is 1. The summed E-state index contributed by atoms with van der Waals surface area (Å²) in [4.78, 5) is 16.7. The second kappa shape index (κ2) is 7.74. The quantitative estimate of drug-likeness (QED) is 0.446. The van der Waals surface area contributed by atoms with Crippen LogP contribution < -0.4 is 10.6 Å². The standard InChI is InChI=1S/C22H18ClN3O2/c1-14-8-9-19-20(10-14)28-21(26-19)12-15-4-2-6-17(11-15)24-22(27)25-18-7-3-5-16(23)13-18/h2-11,13H,12H2,1H3,(H2,24,25,27). The first-order chi connectivity index (χ1) is 13.5. The minimum Gasteiger partial charge on any atom is -0.440 e. The molecule has 0 fully saturated rings. The number of aryl methyl sites for hydroxylation is 1. The van der Waals surface area contributed by atoms with Crippen molar-refractivity contribution in [2.45, 2.75) is 13.3 Å². The summed E-state index contributed by atoms with van der Waals surface area (Å²) in [6.07, 6.45) is 0.541. The molecule has 6 heteroatoms. The van der Waals surface area contributed by atoms with E-state index in [-0.39, 0.29) is 6.03 Å². The molecule has 2 amide bonds. The van der Waals surface area contributed by atoms with Crippen LogP contribution in [0.15, 0.2) is 71.1 Å². The summed E-state index contributed by atoms with van der Waals surface area (Å²) < 4.78 is 5.84. The monoisotopic (exact) mass is 391 g/mol. The van der Waals surface area contributed by atoms with Gasteiger partial charge in [-0.15, -0.1) is 0 Å². The molecular weight excluding hydrogens is 374 g/mol. The summed E-state index contributed by atoms with van der Waals surface area (Å²) in [6, 6.07) is 20.2. The molecule has 4 rings (SSSR count). The summed E-state index contributed by atoms with van der Waals surface area (Å²) in [7, 11) is 0. The van der Waals surface area contributed by atoms with Gasteiger partial charge in [0.1, 0.15) is 5.52 Å². The average Bonchev–Trinajstić information content (AvgIpc) is 3.03. The maximum Gasteiger partial charge on any atom is 0.323 e. The van der Waals surface area contributed by atoms with Crippen molar-refractivity contribution in [3.8, 4) is 0 Å². The molecule has 0 bridgehead atoms. The van der Waals surface area contributed by atoms with Gasteiger partial charge in [0.15, 0.2) is 11.5 Å². The Morgan fingerprint density at radius 3 is 2.54 bits per heavy atom. The first-order valence-corrected chi connectivity index (χ1v) is 9.21. The molecule has 28 heavy (non-hydrogen) atoms. The van der Waals surface area contributed by atoms with Crippen LogP contribution in [0.2, 0.25) is 5.02 Å². The van der Waals surface area contributed by atoms with Crippen molar-refractivity contribution in [3.63, 3.8) is 0 Å². The van der Waals surface area contributed by atoms with Crippen molar-refractivity contribution in [1.29, 1.82) is 0 Å². The van der Waals surface area contributed by atoms with Crippen LogP contribution in [0.5, 0.6) is 0 Å². The van der Waals surface area contributed by atoms with E-state index in [9.17, 15) is 4.79 Å². The molecule has 4 aromatic rings. The molecule has 0 atom stereocenters. The number of halogens is 1. The van der Waals surface area contributed by atoms with Gasteiger partial charge in [0.2, 0.25) is 0 Å². The lowest BCUT2D eigenvalue weighted by atomic mass is 10.1. The average molecular weight is 392 g/mol. The van der Waals surface area contributed by atoms with Gasteiger partial charge in [-0.3, -0.25) is 0 Å². The highest BCUT2D eigenvalue weighted by Crippen LogP contribution is 2.21. The number of amides is 2. The van der Waals surface area contributed by atoms with Crippen LogP contribution in [-0.4, -0.2) is 11.0 Å². The molecule has 2 N–H and O–H groups in total. The molecule has 140 valence electrons. The molecule has 0 aliphatic rings. The van der Waals surface area contributed by atoms with Gasteiger partial charge in [-0.2, -0.15) is 0 Å². The van der Waals surface area contributed by atoms with Crippen LogP contribution in [0, 0.1) is 6.92 Å². The number of benzene rings is 3. The number of nitrogens with one attached hydrogen (secondary N) is 2. The summed E-state index contributed by atoms with van der Waals surface area (Å²) in [6.45, 7) is 2.02. The number of urea groups is 1. The van der Waals surface area contributed by atoms with Gasteiger partial charge in [-0.1, -0.05) is 35.9 Å². The van der Waals surface area contributed by atoms with Gasteiger partial charge >= 0.3 is 6.03 Å². The van der Waals surface area contributed by atoms with Gasteiger partial charge < -0.3 is 15.1 Å². The summed E-state index contributed by atoms with van der Waals surface area (Å²) in [5, 5.41) is 6.15. The maximum atomic E-state index is 12.2. The van der Waals surface area contributed by atoms with Crippen LogP contribution in [0.25, 0.3) is 11.1 Å². The van der Waals surface area contributed by atoms with Crippen molar-refractivity contribution in [2.24, 2.45) is 0 Å². The Morgan fingerprint density at radius 2 is 1.75 bits per heavy atom. The minimum absolute atomic E-state index is 0.336. The summed E-state index contributed by atoms with van der Waals surface area (Å²) in [5.74, 6) is 0.640. The van der Waals surface area contributed by atoms with Gasteiger partial charge in [0.25, 0.3) is 0 Å². The van der Waals surface area contributed by atoms with Crippen molar-refractivity contribution < 1.29 is 9.21 Å². The highest BCUT2D eigenvalue weighted by atomic mass is 35.5. The second-order valence-electron chi connectivity index (χ2n) is 6.55. The highest BCUT2D eigenvalue weighted by Gasteiger charge is 2.08. The number of fused-ring (bicyclic) bond motifs is 1. The van der Waals surface area contributed by atoms with Gasteiger partial charge in [-0.05, 0) is 60.5 Å². The Labute approximate surface area is 167 Å². The molecule has 0 aliphatic heterocycles. The van der Waals surface area contributed by atoms with E-state index in [1.54, 1.807) is 24.3 Å². The lowest BCUT2D eigenvalue weighted by Crippen LogP contribution is -2.19. The number of hydrogen-bond donors (Lipinski definition) is 2. The molecule has 0 spiro atoms. The Balaban J connectivity index is 1.45. The fourth-order valence-corrected chi connectivity index (χ4v) is 3.14. The van der Waals surface area contributed by atoms with E-state index in [2.05, 4.69) is 15.6 Å². The van der Waals surface area contributed by atoms with E-state index >= 15 is 0 Å². The van der Waals surface area contributed by atoms with E-state index in [1.807, 2.05) is 49.4 Å². The number of oxazole rings is 1. The third kappa shape index (κ3) is 4.32. The zero-order chi connectivity index (χ0) is 19.5. The molecule has 0 saturated carbocycles. The smallest absolute Gasteiger partial charge is 0.323 e. The van der Waals surface area contributed by atoms with E-state index in [4.69, 9.17) is 16.0 Å². The van der Waals surface area contributed by atoms with Crippen molar-refractivity contribution in [3.05, 3.63) is 88.8 Å². The SMILES string of the molecule is Cc1ccc2nc(Cc3cccc(NC(=O)Nc4cccc(Cl)c4)c3)oc2c1. The number of aromatic nitrogens is 1. The third-order valence-electron chi connectivity index (χ3n) is 4.21. The summed E-state index contributed by atoms with van der Waals surface area (Å²) >= 11 is 5.94. The third-order valence-corrected chi connectivity index (χ3v) is 4.45. The van der Waals surface area contributed by atoms with E-state index in [1.165, 1.54) is 0 Å². The van der Waals surface area contributed by atoms with Crippen LogP contribution in [-0.2, 0) is 6.42 Å². The maximum absolute atomic E-state index is 12.2. The van der Waals surface area contributed by atoms with E-state index < -0.39 is 0 Å². The highest BCUT2D eigenvalue weighted by molar-refractivity contribution is 6.30. The first kappa shape index (κ1) is 18.1. The van der Waals surface area contributed by atoms with Crippen molar-refractivity contribution >= 4 is 40.1 Å². The fraction of sp³-hybridized carbons (Fsp3) is 0.0909. The Hall–Kier alpha value is -3.31. The minimum atomic E-state index is -0.336. The number of rotatable bonds is 4. The fourth-order valence-electron chi connectivity index (χ4n) is 2.95. The lowest BCUT2D eigenvalue weighted by Gasteiger charge is -2.09. The predicted molar refractivity (Wildman–Crippen MR) is 112 cm³/mol. The largest absolute Gasteiger partial charge is 0.440 e. The lowest BCUT2D eigenvalue weighted by molar-refractivity contribution is 0.262. The van der Waals surface area contributed by atoms with Crippen LogP contribution in [0.4, 0.5) is 16.2 Å². The number of hydrogen-bond acceptors (Lipinski definition) is 3. The predicted octanol–water partition coefficient (Wildman–Crippen LogP) is 6.02. The molecule has 1 heterocycles. The molecular formula is C22H18ClN3O2. The Morgan fingerprint density at radius 1 is 1.00 bits per heavy atom. The van der Waals surface area contributed by atoms with Gasteiger partial charge in [-0.25, -0.2) is 9.78 Å². The summed E-state index contributed by atoms with van der Waals surface area (Å²) in [5.41, 5.74) is 5.06. The molecule has 0 radical (unpaired) electrons.